The SMILES string of the molecule is CCN(CC)c1nc(Cl)nc(N2CCNC(=O)CC2)n1. The van der Waals surface area contributed by atoms with Crippen LogP contribution in [-0.4, -0.2) is 53.6 Å². The quantitative estimate of drug-likeness (QED) is 0.882. The average Bonchev–Trinajstić information content (AvgIpc) is 2.64. The Balaban J connectivity index is 2.24. The van der Waals surface area contributed by atoms with Gasteiger partial charge in [0.05, 0.1) is 0 Å². The number of halogens is 1. The number of nitrogens with one attached hydrogen (secondary N) is 1. The Labute approximate surface area is 123 Å². The number of carbonyl (C=O) groups is 1. The molecule has 0 aliphatic carbocycles. The molecular formula is C12H19ClN6O. The predicted molar refractivity (Wildman–Crippen MR) is 78.2 cm³/mol. The van der Waals surface area contributed by atoms with Crippen molar-refractivity contribution in [2.45, 2.75) is 20.3 Å². The van der Waals surface area contributed by atoms with Crippen LogP contribution in [0.2, 0.25) is 5.28 Å². The van der Waals surface area contributed by atoms with Crippen LogP contribution in [0.3, 0.4) is 0 Å². The molecule has 0 aromatic carbocycles. The van der Waals surface area contributed by atoms with Crippen LogP contribution < -0.4 is 15.1 Å². The summed E-state index contributed by atoms with van der Waals surface area (Å²) in [4.78, 5) is 28.2. The van der Waals surface area contributed by atoms with Gasteiger partial charge in [-0.2, -0.15) is 15.0 Å². The largest absolute Gasteiger partial charge is 0.354 e. The topological polar surface area (TPSA) is 74.2 Å². The summed E-state index contributed by atoms with van der Waals surface area (Å²) in [5, 5.41) is 3.00. The molecule has 2 rings (SSSR count). The maximum absolute atomic E-state index is 11.4. The van der Waals surface area contributed by atoms with Gasteiger partial charge in [-0.3, -0.25) is 4.79 Å². The molecule has 0 unspecified atom stereocenters. The van der Waals surface area contributed by atoms with Gasteiger partial charge in [-0.15, -0.1) is 0 Å². The highest BCUT2D eigenvalue weighted by Crippen LogP contribution is 2.17. The van der Waals surface area contributed by atoms with E-state index in [4.69, 9.17) is 11.6 Å². The minimum absolute atomic E-state index is 0.0524. The number of hydrogen-bond donors (Lipinski definition) is 1. The fourth-order valence-corrected chi connectivity index (χ4v) is 2.24. The number of anilines is 2. The fraction of sp³-hybridized carbons (Fsp3) is 0.667. The highest BCUT2D eigenvalue weighted by atomic mass is 35.5. The predicted octanol–water partition coefficient (Wildman–Crippen LogP) is 0.697. The number of rotatable bonds is 4. The molecule has 1 saturated heterocycles. The second-order valence-corrected chi connectivity index (χ2v) is 4.80. The highest BCUT2D eigenvalue weighted by Gasteiger charge is 2.18. The van der Waals surface area contributed by atoms with Crippen molar-refractivity contribution in [1.82, 2.24) is 20.3 Å². The lowest BCUT2D eigenvalue weighted by Gasteiger charge is -2.23. The third kappa shape index (κ3) is 3.47. The van der Waals surface area contributed by atoms with Gasteiger partial charge >= 0.3 is 0 Å². The van der Waals surface area contributed by atoms with E-state index in [0.29, 0.717) is 38.0 Å². The molecule has 0 spiro atoms. The first-order valence-corrected chi connectivity index (χ1v) is 7.20. The Kier molecular flexibility index (Phi) is 4.94. The van der Waals surface area contributed by atoms with E-state index in [0.717, 1.165) is 13.1 Å². The van der Waals surface area contributed by atoms with Crippen LogP contribution in [0.25, 0.3) is 0 Å². The van der Waals surface area contributed by atoms with Crippen molar-refractivity contribution in [2.24, 2.45) is 0 Å². The van der Waals surface area contributed by atoms with Crippen LogP contribution in [0.1, 0.15) is 20.3 Å². The van der Waals surface area contributed by atoms with Crippen molar-refractivity contribution in [1.29, 1.82) is 0 Å². The lowest BCUT2D eigenvalue weighted by Crippen LogP contribution is -2.31. The summed E-state index contributed by atoms with van der Waals surface area (Å²) >= 11 is 6.00. The van der Waals surface area contributed by atoms with Crippen molar-refractivity contribution >= 4 is 29.4 Å². The number of nitrogens with zero attached hydrogens (tertiary/aromatic N) is 5. The minimum Gasteiger partial charge on any atom is -0.354 e. The molecule has 1 fully saturated rings. The van der Waals surface area contributed by atoms with E-state index in [1.54, 1.807) is 0 Å². The third-order valence-electron chi connectivity index (χ3n) is 3.23. The second-order valence-electron chi connectivity index (χ2n) is 4.46. The maximum Gasteiger partial charge on any atom is 0.231 e. The molecule has 1 aliphatic rings. The van der Waals surface area contributed by atoms with Crippen LogP contribution in [0, 0.1) is 0 Å². The van der Waals surface area contributed by atoms with E-state index >= 15 is 0 Å². The summed E-state index contributed by atoms with van der Waals surface area (Å²) in [5.41, 5.74) is 0. The number of aromatic nitrogens is 3. The summed E-state index contributed by atoms with van der Waals surface area (Å²) in [6.07, 6.45) is 0.434. The van der Waals surface area contributed by atoms with Gasteiger partial charge in [-0.25, -0.2) is 0 Å². The Morgan fingerprint density at radius 3 is 2.70 bits per heavy atom. The van der Waals surface area contributed by atoms with Crippen LogP contribution in [0.4, 0.5) is 11.9 Å². The Bertz CT molecular complexity index is 479. The van der Waals surface area contributed by atoms with Crippen molar-refractivity contribution in [3.05, 3.63) is 5.28 Å². The first-order chi connectivity index (χ1) is 9.63. The van der Waals surface area contributed by atoms with Crippen LogP contribution in [0.5, 0.6) is 0 Å². The van der Waals surface area contributed by atoms with Crippen molar-refractivity contribution in [3.63, 3.8) is 0 Å². The molecule has 7 nitrogen and oxygen atoms in total. The zero-order valence-corrected chi connectivity index (χ0v) is 12.5. The molecule has 1 aromatic rings. The molecular weight excluding hydrogens is 280 g/mol. The van der Waals surface area contributed by atoms with E-state index in [9.17, 15) is 4.79 Å². The zero-order valence-electron chi connectivity index (χ0n) is 11.8. The van der Waals surface area contributed by atoms with Gasteiger partial charge in [-0.1, -0.05) is 0 Å². The molecule has 1 amide bonds. The van der Waals surface area contributed by atoms with Crippen LogP contribution in [-0.2, 0) is 4.79 Å². The molecule has 0 radical (unpaired) electrons. The van der Waals surface area contributed by atoms with Crippen LogP contribution in [0.15, 0.2) is 0 Å². The van der Waals surface area contributed by atoms with E-state index in [-0.39, 0.29) is 11.2 Å². The Morgan fingerprint density at radius 2 is 2.00 bits per heavy atom. The molecule has 1 N–H and O–H groups in total. The summed E-state index contributed by atoms with van der Waals surface area (Å²) in [6, 6.07) is 0. The fourth-order valence-electron chi connectivity index (χ4n) is 2.09. The standard InChI is InChI=1S/C12H19ClN6O/c1-3-18(4-2)11-15-10(13)16-12(17-11)19-7-5-9(20)14-6-8-19/h3-8H2,1-2H3,(H,14,20). The van der Waals surface area contributed by atoms with Gasteiger partial charge in [0.2, 0.25) is 23.1 Å². The second kappa shape index (κ2) is 6.69. The summed E-state index contributed by atoms with van der Waals surface area (Å²) in [5.74, 6) is 1.16. The van der Waals surface area contributed by atoms with E-state index in [1.807, 2.05) is 23.6 Å². The Morgan fingerprint density at radius 1 is 1.25 bits per heavy atom. The van der Waals surface area contributed by atoms with E-state index < -0.39 is 0 Å². The molecule has 2 heterocycles. The van der Waals surface area contributed by atoms with Crippen molar-refractivity contribution in [3.8, 4) is 0 Å². The first kappa shape index (κ1) is 14.8. The van der Waals surface area contributed by atoms with Crippen LogP contribution >= 0.6 is 11.6 Å². The lowest BCUT2D eigenvalue weighted by molar-refractivity contribution is -0.120. The Hall–Kier alpha value is -1.63. The molecule has 0 bridgehead atoms. The molecule has 110 valence electrons. The molecule has 0 saturated carbocycles. The third-order valence-corrected chi connectivity index (χ3v) is 3.40. The van der Waals surface area contributed by atoms with Gasteiger partial charge in [-0.05, 0) is 25.4 Å². The smallest absolute Gasteiger partial charge is 0.231 e. The molecule has 20 heavy (non-hydrogen) atoms. The number of amides is 1. The van der Waals surface area contributed by atoms with Crippen molar-refractivity contribution < 1.29 is 4.79 Å². The van der Waals surface area contributed by atoms with Gasteiger partial charge in [0.15, 0.2) is 0 Å². The van der Waals surface area contributed by atoms with Gasteiger partial charge in [0.25, 0.3) is 0 Å². The maximum atomic E-state index is 11.4. The van der Waals surface area contributed by atoms with Gasteiger partial charge in [0.1, 0.15) is 0 Å². The average molecular weight is 299 g/mol. The lowest BCUT2D eigenvalue weighted by atomic mass is 10.4. The van der Waals surface area contributed by atoms with Crippen molar-refractivity contribution in [2.75, 3.05) is 42.5 Å². The normalized spacial score (nSPS) is 15.8. The highest BCUT2D eigenvalue weighted by molar-refractivity contribution is 6.28. The zero-order chi connectivity index (χ0) is 14.5. The minimum atomic E-state index is 0.0524. The molecule has 1 aromatic heterocycles. The van der Waals surface area contributed by atoms with E-state index in [2.05, 4.69) is 20.3 Å². The molecule has 0 atom stereocenters. The summed E-state index contributed by atoms with van der Waals surface area (Å²) < 4.78 is 0. The molecule has 8 heteroatoms. The number of hydrogen-bond acceptors (Lipinski definition) is 6. The summed E-state index contributed by atoms with van der Waals surface area (Å²) in [7, 11) is 0. The number of carbonyl (C=O) groups excluding carboxylic acids is 1. The van der Waals surface area contributed by atoms with Gasteiger partial charge in [0, 0.05) is 39.1 Å². The van der Waals surface area contributed by atoms with E-state index in [1.165, 1.54) is 0 Å². The first-order valence-electron chi connectivity index (χ1n) is 6.82. The summed E-state index contributed by atoms with van der Waals surface area (Å²) in [6.45, 7) is 7.52. The molecule has 1 aliphatic heterocycles. The monoisotopic (exact) mass is 298 g/mol. The van der Waals surface area contributed by atoms with Gasteiger partial charge < -0.3 is 15.1 Å².